The highest BCUT2D eigenvalue weighted by molar-refractivity contribution is 5.95. The highest BCUT2D eigenvalue weighted by atomic mass is 16.3. The molecule has 2 rings (SSSR count). The molecule has 0 radical (unpaired) electrons. The maximum Gasteiger partial charge on any atom is 0.251 e. The predicted molar refractivity (Wildman–Crippen MR) is 98.5 cm³/mol. The summed E-state index contributed by atoms with van der Waals surface area (Å²) < 4.78 is 0. The Morgan fingerprint density at radius 3 is 2.32 bits per heavy atom. The number of amides is 2. The molecule has 0 unspecified atom stereocenters. The van der Waals surface area contributed by atoms with Gasteiger partial charge in [0.05, 0.1) is 0 Å². The van der Waals surface area contributed by atoms with Gasteiger partial charge in [0.15, 0.2) is 0 Å². The molecular weight excluding hydrogens is 316 g/mol. The van der Waals surface area contributed by atoms with Crippen LogP contribution in [0.15, 0.2) is 54.6 Å². The highest BCUT2D eigenvalue weighted by Crippen LogP contribution is 2.11. The fourth-order valence-corrected chi connectivity index (χ4v) is 2.41. The van der Waals surface area contributed by atoms with Gasteiger partial charge >= 0.3 is 0 Å². The van der Waals surface area contributed by atoms with E-state index in [9.17, 15) is 9.59 Å². The van der Waals surface area contributed by atoms with E-state index in [0.717, 1.165) is 12.8 Å². The summed E-state index contributed by atoms with van der Waals surface area (Å²) in [5, 5.41) is 14.3. The molecule has 0 bridgehead atoms. The summed E-state index contributed by atoms with van der Waals surface area (Å²) in [4.78, 5) is 23.8. The lowest BCUT2D eigenvalue weighted by Crippen LogP contribution is -2.25. The number of carbonyl (C=O) groups is 2. The van der Waals surface area contributed by atoms with Gasteiger partial charge in [-0.2, -0.15) is 0 Å². The van der Waals surface area contributed by atoms with Gasteiger partial charge < -0.3 is 15.7 Å². The van der Waals surface area contributed by atoms with Crippen LogP contribution in [0.4, 0.5) is 5.69 Å². The molecule has 2 aromatic carbocycles. The fourth-order valence-electron chi connectivity index (χ4n) is 2.41. The fraction of sp³-hybridized carbons (Fsp3) is 0.300. The molecule has 5 heteroatoms. The number of aliphatic hydroxyl groups is 1. The summed E-state index contributed by atoms with van der Waals surface area (Å²) in [6.07, 6.45) is 2.66. The van der Waals surface area contributed by atoms with E-state index in [1.807, 2.05) is 18.2 Å². The second-order valence-corrected chi connectivity index (χ2v) is 5.80. The first-order valence-electron chi connectivity index (χ1n) is 8.52. The van der Waals surface area contributed by atoms with Gasteiger partial charge in [-0.15, -0.1) is 0 Å². The van der Waals surface area contributed by atoms with E-state index >= 15 is 0 Å². The van der Waals surface area contributed by atoms with E-state index in [4.69, 9.17) is 5.11 Å². The lowest BCUT2D eigenvalue weighted by molar-refractivity contribution is -0.116. The van der Waals surface area contributed by atoms with Crippen LogP contribution in [0.2, 0.25) is 0 Å². The summed E-state index contributed by atoms with van der Waals surface area (Å²) in [7, 11) is 0. The normalized spacial score (nSPS) is 10.3. The van der Waals surface area contributed by atoms with Crippen LogP contribution < -0.4 is 10.6 Å². The Bertz CT molecular complexity index is 669. The quantitative estimate of drug-likeness (QED) is 0.614. The van der Waals surface area contributed by atoms with Crippen LogP contribution in [-0.4, -0.2) is 30.1 Å². The van der Waals surface area contributed by atoms with E-state index in [1.165, 1.54) is 5.56 Å². The Kier molecular flexibility index (Phi) is 7.66. The number of benzene rings is 2. The molecule has 0 saturated heterocycles. The minimum Gasteiger partial charge on any atom is -0.396 e. The van der Waals surface area contributed by atoms with Crippen molar-refractivity contribution in [3.8, 4) is 0 Å². The molecule has 132 valence electrons. The predicted octanol–water partition coefficient (Wildman–Crippen LogP) is 2.76. The standard InChI is InChI=1S/C20H24N2O3/c23-15-5-14-21-20(25)17-10-12-18(13-11-17)22-19(24)9-4-8-16-6-2-1-3-7-16/h1-3,6-7,10-13,23H,4-5,8-9,14-15H2,(H,21,25)(H,22,24). The number of anilines is 1. The number of aliphatic hydroxyl groups excluding tert-OH is 1. The van der Waals surface area contributed by atoms with Crippen LogP contribution >= 0.6 is 0 Å². The Balaban J connectivity index is 1.74. The van der Waals surface area contributed by atoms with Crippen molar-refractivity contribution in [3.63, 3.8) is 0 Å². The first-order valence-corrected chi connectivity index (χ1v) is 8.52. The molecule has 0 heterocycles. The van der Waals surface area contributed by atoms with E-state index in [2.05, 4.69) is 22.8 Å². The third-order valence-corrected chi connectivity index (χ3v) is 3.76. The molecule has 0 aliphatic heterocycles. The van der Waals surface area contributed by atoms with Crippen LogP contribution in [0.3, 0.4) is 0 Å². The number of nitrogens with one attached hydrogen (secondary N) is 2. The van der Waals surface area contributed by atoms with Crippen molar-refractivity contribution in [1.82, 2.24) is 5.32 Å². The van der Waals surface area contributed by atoms with Crippen molar-refractivity contribution in [2.75, 3.05) is 18.5 Å². The summed E-state index contributed by atoms with van der Waals surface area (Å²) in [5.41, 5.74) is 2.43. The molecule has 3 N–H and O–H groups in total. The number of rotatable bonds is 9. The zero-order valence-corrected chi connectivity index (χ0v) is 14.2. The highest BCUT2D eigenvalue weighted by Gasteiger charge is 2.06. The topological polar surface area (TPSA) is 78.4 Å². The summed E-state index contributed by atoms with van der Waals surface area (Å²) in [6.45, 7) is 0.491. The molecule has 2 amide bonds. The largest absolute Gasteiger partial charge is 0.396 e. The monoisotopic (exact) mass is 340 g/mol. The number of carbonyl (C=O) groups excluding carboxylic acids is 2. The molecule has 0 saturated carbocycles. The Morgan fingerprint density at radius 1 is 0.920 bits per heavy atom. The molecule has 25 heavy (non-hydrogen) atoms. The molecule has 0 atom stereocenters. The van der Waals surface area contributed by atoms with Crippen LogP contribution in [0, 0.1) is 0 Å². The van der Waals surface area contributed by atoms with Crippen LogP contribution in [0.1, 0.15) is 35.2 Å². The van der Waals surface area contributed by atoms with Crippen molar-refractivity contribution in [1.29, 1.82) is 0 Å². The van der Waals surface area contributed by atoms with Crippen molar-refractivity contribution in [2.24, 2.45) is 0 Å². The van der Waals surface area contributed by atoms with Gasteiger partial charge in [0.1, 0.15) is 0 Å². The van der Waals surface area contributed by atoms with Gasteiger partial charge in [-0.05, 0) is 49.1 Å². The smallest absolute Gasteiger partial charge is 0.251 e. The van der Waals surface area contributed by atoms with Gasteiger partial charge in [0.25, 0.3) is 5.91 Å². The third-order valence-electron chi connectivity index (χ3n) is 3.76. The minimum absolute atomic E-state index is 0.0314. The third kappa shape index (κ3) is 6.77. The van der Waals surface area contributed by atoms with E-state index in [0.29, 0.717) is 30.6 Å². The second-order valence-electron chi connectivity index (χ2n) is 5.80. The first kappa shape index (κ1) is 18.7. The number of hydrogen-bond donors (Lipinski definition) is 3. The number of hydrogen-bond acceptors (Lipinski definition) is 3. The molecule has 0 aliphatic rings. The molecule has 5 nitrogen and oxygen atoms in total. The molecule has 0 aromatic heterocycles. The summed E-state index contributed by atoms with van der Waals surface area (Å²) in [5.74, 6) is -0.217. The Labute approximate surface area is 148 Å². The van der Waals surface area contributed by atoms with Crippen molar-refractivity contribution < 1.29 is 14.7 Å². The molecule has 0 fully saturated rings. The van der Waals surface area contributed by atoms with E-state index in [-0.39, 0.29) is 18.4 Å². The maximum absolute atomic E-state index is 12.0. The average Bonchev–Trinajstić information content (AvgIpc) is 2.63. The summed E-state index contributed by atoms with van der Waals surface area (Å²) >= 11 is 0. The van der Waals surface area contributed by atoms with Crippen molar-refractivity contribution in [2.45, 2.75) is 25.7 Å². The van der Waals surface area contributed by atoms with Crippen LogP contribution in [-0.2, 0) is 11.2 Å². The lowest BCUT2D eigenvalue weighted by atomic mass is 10.1. The Hall–Kier alpha value is -2.66. The maximum atomic E-state index is 12.0. The first-order chi connectivity index (χ1) is 12.2. The minimum atomic E-state index is -0.186. The lowest BCUT2D eigenvalue weighted by Gasteiger charge is -2.07. The van der Waals surface area contributed by atoms with Gasteiger partial charge in [-0.25, -0.2) is 0 Å². The van der Waals surface area contributed by atoms with Gasteiger partial charge in [-0.1, -0.05) is 30.3 Å². The molecular formula is C20H24N2O3. The molecule has 2 aromatic rings. The van der Waals surface area contributed by atoms with Crippen molar-refractivity contribution in [3.05, 3.63) is 65.7 Å². The average molecular weight is 340 g/mol. The summed E-state index contributed by atoms with van der Waals surface area (Å²) in [6, 6.07) is 16.9. The second kappa shape index (κ2) is 10.3. The van der Waals surface area contributed by atoms with Crippen LogP contribution in [0.25, 0.3) is 0 Å². The van der Waals surface area contributed by atoms with E-state index < -0.39 is 0 Å². The molecule has 0 spiro atoms. The number of aryl methyl sites for hydroxylation is 1. The van der Waals surface area contributed by atoms with Crippen molar-refractivity contribution >= 4 is 17.5 Å². The zero-order valence-electron chi connectivity index (χ0n) is 14.2. The van der Waals surface area contributed by atoms with Crippen LogP contribution in [0.5, 0.6) is 0 Å². The van der Waals surface area contributed by atoms with Gasteiger partial charge in [0.2, 0.25) is 5.91 Å². The SMILES string of the molecule is O=C(CCCc1ccccc1)Nc1ccc(C(=O)NCCCO)cc1. The van der Waals surface area contributed by atoms with Gasteiger partial charge in [-0.3, -0.25) is 9.59 Å². The van der Waals surface area contributed by atoms with E-state index in [1.54, 1.807) is 24.3 Å². The molecule has 0 aliphatic carbocycles. The Morgan fingerprint density at radius 2 is 1.64 bits per heavy atom. The zero-order chi connectivity index (χ0) is 17.9. The van der Waals surface area contributed by atoms with Gasteiger partial charge in [0, 0.05) is 30.8 Å².